The molecule has 6 heteroatoms. The maximum Gasteiger partial charge on any atom is 0.253 e. The van der Waals surface area contributed by atoms with Crippen LogP contribution in [0, 0.1) is 5.82 Å². The molecular formula is C23H21FN4O. The van der Waals surface area contributed by atoms with Gasteiger partial charge >= 0.3 is 0 Å². The normalized spacial score (nSPS) is 12.3. The van der Waals surface area contributed by atoms with E-state index in [9.17, 15) is 9.18 Å². The molecule has 5 nitrogen and oxygen atoms in total. The van der Waals surface area contributed by atoms with E-state index in [2.05, 4.69) is 15.4 Å². The van der Waals surface area contributed by atoms with E-state index in [0.29, 0.717) is 5.56 Å². The molecule has 4 rings (SSSR count). The quantitative estimate of drug-likeness (QED) is 0.540. The monoisotopic (exact) mass is 388 g/mol. The van der Waals surface area contributed by atoms with Crippen molar-refractivity contribution in [2.45, 2.75) is 25.9 Å². The Morgan fingerprint density at radius 1 is 1.00 bits per heavy atom. The van der Waals surface area contributed by atoms with Gasteiger partial charge in [0.15, 0.2) is 5.65 Å². The Morgan fingerprint density at radius 3 is 2.38 bits per heavy atom. The van der Waals surface area contributed by atoms with E-state index in [-0.39, 0.29) is 17.8 Å². The summed E-state index contributed by atoms with van der Waals surface area (Å²) in [7, 11) is 0. The fourth-order valence-electron chi connectivity index (χ4n) is 3.32. The molecule has 0 saturated carbocycles. The van der Waals surface area contributed by atoms with Crippen molar-refractivity contribution in [1.29, 1.82) is 0 Å². The van der Waals surface area contributed by atoms with Crippen molar-refractivity contribution in [2.75, 3.05) is 0 Å². The Labute approximate surface area is 168 Å². The van der Waals surface area contributed by atoms with Crippen molar-refractivity contribution in [3.8, 4) is 0 Å². The number of fused-ring (bicyclic) bond motifs is 1. The minimum absolute atomic E-state index is 0.181. The van der Waals surface area contributed by atoms with E-state index in [0.717, 1.165) is 22.2 Å². The summed E-state index contributed by atoms with van der Waals surface area (Å²) < 4.78 is 15.2. The first-order valence-electron chi connectivity index (χ1n) is 9.47. The molecule has 1 N–H and O–H groups in total. The molecule has 2 aromatic heterocycles. The molecule has 2 aromatic carbocycles. The molecule has 1 amide bonds. The van der Waals surface area contributed by atoms with Crippen LogP contribution >= 0.6 is 0 Å². The Bertz CT molecular complexity index is 1140. The zero-order valence-corrected chi connectivity index (χ0v) is 16.2. The first kappa shape index (κ1) is 18.8. The Balaban J connectivity index is 1.66. The highest BCUT2D eigenvalue weighted by molar-refractivity contribution is 5.97. The van der Waals surface area contributed by atoms with E-state index >= 15 is 0 Å². The second kappa shape index (κ2) is 7.83. The molecule has 4 aromatic rings. The fraction of sp³-hybridized carbons (Fsp3) is 0.174. The van der Waals surface area contributed by atoms with Gasteiger partial charge in [0.25, 0.3) is 5.91 Å². The van der Waals surface area contributed by atoms with Gasteiger partial charge in [-0.3, -0.25) is 4.79 Å². The molecule has 0 aliphatic rings. The maximum absolute atomic E-state index is 13.4. The van der Waals surface area contributed by atoms with Crippen LogP contribution in [0.4, 0.5) is 4.39 Å². The van der Waals surface area contributed by atoms with E-state index < -0.39 is 6.04 Å². The predicted molar refractivity (Wildman–Crippen MR) is 110 cm³/mol. The van der Waals surface area contributed by atoms with Gasteiger partial charge in [0, 0.05) is 17.6 Å². The van der Waals surface area contributed by atoms with Crippen molar-refractivity contribution >= 4 is 16.9 Å². The Kier molecular flexibility index (Phi) is 5.08. The van der Waals surface area contributed by atoms with Crippen LogP contribution in [0.5, 0.6) is 0 Å². The number of carbonyl (C=O) groups excluding carboxylic acids is 1. The van der Waals surface area contributed by atoms with Gasteiger partial charge < -0.3 is 5.32 Å². The number of nitrogens with one attached hydrogen (secondary N) is 1. The molecule has 0 radical (unpaired) electrons. The highest BCUT2D eigenvalue weighted by atomic mass is 19.1. The van der Waals surface area contributed by atoms with Gasteiger partial charge in [-0.2, -0.15) is 5.10 Å². The smallest absolute Gasteiger partial charge is 0.253 e. The molecule has 1 atom stereocenters. The summed E-state index contributed by atoms with van der Waals surface area (Å²) in [6.45, 7) is 4.06. The molecule has 29 heavy (non-hydrogen) atoms. The van der Waals surface area contributed by atoms with Gasteiger partial charge in [0.1, 0.15) is 5.82 Å². The zero-order chi connectivity index (χ0) is 20.4. The van der Waals surface area contributed by atoms with E-state index in [1.807, 2.05) is 48.9 Å². The third kappa shape index (κ3) is 3.87. The third-order valence-electron chi connectivity index (χ3n) is 4.80. The molecule has 0 bridgehead atoms. The average molecular weight is 388 g/mol. The van der Waals surface area contributed by atoms with Gasteiger partial charge in [-0.15, -0.1) is 0 Å². The summed E-state index contributed by atoms with van der Waals surface area (Å²) in [5.74, 6) is -0.571. The topological polar surface area (TPSA) is 59.8 Å². The van der Waals surface area contributed by atoms with Crippen LogP contribution in [0.1, 0.15) is 47.4 Å². The van der Waals surface area contributed by atoms with Crippen LogP contribution in [0.2, 0.25) is 0 Å². The average Bonchev–Trinajstić information content (AvgIpc) is 3.17. The number of aromatic nitrogens is 3. The summed E-state index contributed by atoms with van der Waals surface area (Å²) in [6, 6.07) is 17.3. The number of hydrogen-bond donors (Lipinski definition) is 1. The van der Waals surface area contributed by atoms with Crippen molar-refractivity contribution in [2.24, 2.45) is 0 Å². The number of hydrogen-bond acceptors (Lipinski definition) is 3. The first-order valence-corrected chi connectivity index (χ1v) is 9.47. The number of carbonyl (C=O) groups is 1. The molecule has 0 fully saturated rings. The van der Waals surface area contributed by atoms with Crippen molar-refractivity contribution in [1.82, 2.24) is 20.1 Å². The zero-order valence-electron chi connectivity index (χ0n) is 16.2. The number of nitrogens with zero attached hydrogens (tertiary/aromatic N) is 3. The molecule has 0 spiro atoms. The molecule has 2 heterocycles. The number of rotatable bonds is 5. The van der Waals surface area contributed by atoms with Crippen LogP contribution in [0.3, 0.4) is 0 Å². The molecule has 1 unspecified atom stereocenters. The number of pyridine rings is 1. The van der Waals surface area contributed by atoms with Crippen LogP contribution in [-0.2, 0) is 0 Å². The fourth-order valence-corrected chi connectivity index (χ4v) is 3.32. The van der Waals surface area contributed by atoms with Crippen molar-refractivity contribution in [3.63, 3.8) is 0 Å². The first-order chi connectivity index (χ1) is 14.0. The van der Waals surface area contributed by atoms with Gasteiger partial charge in [-0.05, 0) is 43.2 Å². The Morgan fingerprint density at radius 2 is 1.69 bits per heavy atom. The van der Waals surface area contributed by atoms with E-state index in [1.54, 1.807) is 30.6 Å². The van der Waals surface area contributed by atoms with Gasteiger partial charge in [0.2, 0.25) is 0 Å². The van der Waals surface area contributed by atoms with Crippen LogP contribution in [0.25, 0.3) is 11.0 Å². The molecule has 0 aliphatic carbocycles. The minimum Gasteiger partial charge on any atom is -0.341 e. The number of amides is 1. The lowest BCUT2D eigenvalue weighted by atomic mass is 9.98. The standard InChI is InChI=1S/C23H21FN4O/c1-15(2)28-22-18(14-26-28)12-19(13-25-22)23(29)27-21(16-6-4-3-5-7-16)17-8-10-20(24)11-9-17/h3-15,21H,1-2H3,(H,27,29). The van der Waals surface area contributed by atoms with Gasteiger partial charge in [-0.25, -0.2) is 14.1 Å². The lowest BCUT2D eigenvalue weighted by Gasteiger charge is -2.20. The van der Waals surface area contributed by atoms with Crippen molar-refractivity contribution in [3.05, 3.63) is 95.6 Å². The van der Waals surface area contributed by atoms with Gasteiger partial charge in [-0.1, -0.05) is 42.5 Å². The second-order valence-electron chi connectivity index (χ2n) is 7.19. The van der Waals surface area contributed by atoms with Crippen LogP contribution < -0.4 is 5.32 Å². The molecule has 0 aliphatic heterocycles. The highest BCUT2D eigenvalue weighted by Gasteiger charge is 2.19. The lowest BCUT2D eigenvalue weighted by molar-refractivity contribution is 0.0943. The largest absolute Gasteiger partial charge is 0.341 e. The van der Waals surface area contributed by atoms with Crippen LogP contribution in [0.15, 0.2) is 73.1 Å². The summed E-state index contributed by atoms with van der Waals surface area (Å²) in [6.07, 6.45) is 3.28. The second-order valence-corrected chi connectivity index (χ2v) is 7.19. The van der Waals surface area contributed by atoms with Crippen molar-refractivity contribution < 1.29 is 9.18 Å². The molecular weight excluding hydrogens is 367 g/mol. The summed E-state index contributed by atoms with van der Waals surface area (Å²) in [5.41, 5.74) is 2.90. The van der Waals surface area contributed by atoms with Gasteiger partial charge in [0.05, 0.1) is 17.8 Å². The number of halogens is 1. The maximum atomic E-state index is 13.4. The molecule has 0 saturated heterocycles. The molecule has 146 valence electrons. The summed E-state index contributed by atoms with van der Waals surface area (Å²) in [5, 5.41) is 8.21. The summed E-state index contributed by atoms with van der Waals surface area (Å²) in [4.78, 5) is 17.4. The highest BCUT2D eigenvalue weighted by Crippen LogP contribution is 2.23. The minimum atomic E-state index is -0.404. The lowest BCUT2D eigenvalue weighted by Crippen LogP contribution is -2.29. The van der Waals surface area contributed by atoms with Crippen LogP contribution in [-0.4, -0.2) is 20.7 Å². The summed E-state index contributed by atoms with van der Waals surface area (Å²) >= 11 is 0. The van der Waals surface area contributed by atoms with E-state index in [1.165, 1.54) is 12.1 Å². The number of benzene rings is 2. The third-order valence-corrected chi connectivity index (χ3v) is 4.80. The predicted octanol–water partition coefficient (Wildman–Crippen LogP) is 4.67. The SMILES string of the molecule is CC(C)n1ncc2cc(C(=O)NC(c3ccccc3)c3ccc(F)cc3)cnc21. The van der Waals surface area contributed by atoms with E-state index in [4.69, 9.17) is 0 Å². The Hall–Kier alpha value is -3.54.